The summed E-state index contributed by atoms with van der Waals surface area (Å²) in [6.07, 6.45) is 0. The molecule has 2 aromatic rings. The standard InChI is InChI=1S/C17H20ClNO2/c1-3-21-17-10-9-14(11-15(17)18)19-16(12-20-2)13-7-5-4-6-8-13/h4-11,16,19H,3,12H2,1-2H3. The van der Waals surface area contributed by atoms with Crippen LogP contribution in [0.5, 0.6) is 5.75 Å². The van der Waals surface area contributed by atoms with E-state index < -0.39 is 0 Å². The van der Waals surface area contributed by atoms with Gasteiger partial charge in [0.1, 0.15) is 5.75 Å². The molecular weight excluding hydrogens is 286 g/mol. The molecule has 3 nitrogen and oxygen atoms in total. The van der Waals surface area contributed by atoms with Crippen molar-refractivity contribution in [3.05, 3.63) is 59.1 Å². The molecule has 0 heterocycles. The van der Waals surface area contributed by atoms with Gasteiger partial charge in [-0.05, 0) is 30.7 Å². The van der Waals surface area contributed by atoms with Crippen molar-refractivity contribution >= 4 is 17.3 Å². The van der Waals surface area contributed by atoms with Crippen molar-refractivity contribution in [3.8, 4) is 5.75 Å². The van der Waals surface area contributed by atoms with Crippen LogP contribution in [0.15, 0.2) is 48.5 Å². The smallest absolute Gasteiger partial charge is 0.138 e. The maximum Gasteiger partial charge on any atom is 0.138 e. The van der Waals surface area contributed by atoms with Crippen molar-refractivity contribution in [2.75, 3.05) is 25.6 Å². The lowest BCUT2D eigenvalue weighted by Crippen LogP contribution is -2.16. The summed E-state index contributed by atoms with van der Waals surface area (Å²) >= 11 is 6.22. The number of benzene rings is 2. The van der Waals surface area contributed by atoms with Crippen LogP contribution in [0.4, 0.5) is 5.69 Å². The Bertz CT molecular complexity index is 560. The monoisotopic (exact) mass is 305 g/mol. The van der Waals surface area contributed by atoms with Crippen LogP contribution in [0.3, 0.4) is 0 Å². The Kier molecular flexibility index (Phi) is 5.90. The molecule has 21 heavy (non-hydrogen) atoms. The third kappa shape index (κ3) is 4.38. The zero-order valence-corrected chi connectivity index (χ0v) is 13.1. The molecule has 0 aromatic heterocycles. The van der Waals surface area contributed by atoms with E-state index in [1.165, 1.54) is 5.56 Å². The average Bonchev–Trinajstić information content (AvgIpc) is 2.50. The first-order chi connectivity index (χ1) is 10.2. The minimum Gasteiger partial charge on any atom is -0.492 e. The molecule has 0 aliphatic rings. The molecule has 1 atom stereocenters. The minimum atomic E-state index is 0.0743. The zero-order valence-electron chi connectivity index (χ0n) is 12.3. The molecule has 0 bridgehead atoms. The highest BCUT2D eigenvalue weighted by atomic mass is 35.5. The molecule has 2 rings (SSSR count). The Morgan fingerprint density at radius 1 is 1.14 bits per heavy atom. The summed E-state index contributed by atoms with van der Waals surface area (Å²) in [6, 6.07) is 16.0. The topological polar surface area (TPSA) is 30.5 Å². The first-order valence-corrected chi connectivity index (χ1v) is 7.35. The molecule has 0 spiro atoms. The zero-order chi connectivity index (χ0) is 15.1. The van der Waals surface area contributed by atoms with E-state index in [0.29, 0.717) is 24.0 Å². The van der Waals surface area contributed by atoms with Crippen LogP contribution in [0.25, 0.3) is 0 Å². The van der Waals surface area contributed by atoms with Crippen LogP contribution in [0, 0.1) is 0 Å². The van der Waals surface area contributed by atoms with E-state index in [1.807, 2.05) is 43.3 Å². The van der Waals surface area contributed by atoms with Crippen molar-refractivity contribution in [3.63, 3.8) is 0 Å². The summed E-state index contributed by atoms with van der Waals surface area (Å²) < 4.78 is 10.7. The molecule has 0 saturated carbocycles. The normalized spacial score (nSPS) is 12.0. The quantitative estimate of drug-likeness (QED) is 0.814. The van der Waals surface area contributed by atoms with E-state index in [9.17, 15) is 0 Å². The fourth-order valence-electron chi connectivity index (χ4n) is 2.14. The molecular formula is C17H20ClNO2. The van der Waals surface area contributed by atoms with Crippen LogP contribution >= 0.6 is 11.6 Å². The van der Waals surface area contributed by atoms with Gasteiger partial charge in [0, 0.05) is 12.8 Å². The molecule has 0 saturated heterocycles. The summed E-state index contributed by atoms with van der Waals surface area (Å²) in [6.45, 7) is 3.12. The fraction of sp³-hybridized carbons (Fsp3) is 0.294. The van der Waals surface area contributed by atoms with Gasteiger partial charge in [-0.1, -0.05) is 41.9 Å². The molecule has 4 heteroatoms. The largest absolute Gasteiger partial charge is 0.492 e. The highest BCUT2D eigenvalue weighted by Crippen LogP contribution is 2.29. The van der Waals surface area contributed by atoms with E-state index in [-0.39, 0.29) is 6.04 Å². The van der Waals surface area contributed by atoms with Crippen LogP contribution in [0.2, 0.25) is 5.02 Å². The predicted molar refractivity (Wildman–Crippen MR) is 87.3 cm³/mol. The Morgan fingerprint density at radius 2 is 1.90 bits per heavy atom. The van der Waals surface area contributed by atoms with Gasteiger partial charge in [0.05, 0.1) is 24.3 Å². The van der Waals surface area contributed by atoms with Crippen molar-refractivity contribution in [2.24, 2.45) is 0 Å². The molecule has 2 aromatic carbocycles. The first kappa shape index (κ1) is 15.7. The van der Waals surface area contributed by atoms with Crippen LogP contribution in [-0.4, -0.2) is 20.3 Å². The Labute approximate surface area is 130 Å². The molecule has 0 amide bonds. The van der Waals surface area contributed by atoms with E-state index >= 15 is 0 Å². The third-order valence-corrected chi connectivity index (χ3v) is 3.40. The lowest BCUT2D eigenvalue weighted by Gasteiger charge is -2.20. The molecule has 0 radical (unpaired) electrons. The van der Waals surface area contributed by atoms with E-state index in [1.54, 1.807) is 7.11 Å². The summed E-state index contributed by atoms with van der Waals surface area (Å²) in [5.74, 6) is 0.702. The maximum atomic E-state index is 6.22. The van der Waals surface area contributed by atoms with Crippen molar-refractivity contribution in [2.45, 2.75) is 13.0 Å². The van der Waals surface area contributed by atoms with Crippen LogP contribution in [0.1, 0.15) is 18.5 Å². The molecule has 0 fully saturated rings. The number of halogens is 1. The second-order valence-electron chi connectivity index (χ2n) is 4.64. The lowest BCUT2D eigenvalue weighted by atomic mass is 10.1. The van der Waals surface area contributed by atoms with Gasteiger partial charge in [0.2, 0.25) is 0 Å². The number of nitrogens with one attached hydrogen (secondary N) is 1. The van der Waals surface area contributed by atoms with Gasteiger partial charge < -0.3 is 14.8 Å². The van der Waals surface area contributed by atoms with Gasteiger partial charge in [-0.25, -0.2) is 0 Å². The van der Waals surface area contributed by atoms with Crippen molar-refractivity contribution in [1.82, 2.24) is 0 Å². The Balaban J connectivity index is 2.15. The van der Waals surface area contributed by atoms with E-state index in [4.69, 9.17) is 21.1 Å². The lowest BCUT2D eigenvalue weighted by molar-refractivity contribution is 0.186. The number of rotatable bonds is 7. The van der Waals surface area contributed by atoms with Gasteiger partial charge in [0.15, 0.2) is 0 Å². The molecule has 1 unspecified atom stereocenters. The molecule has 0 aliphatic carbocycles. The van der Waals surface area contributed by atoms with Gasteiger partial charge in [0.25, 0.3) is 0 Å². The van der Waals surface area contributed by atoms with Crippen molar-refractivity contribution in [1.29, 1.82) is 0 Å². The summed E-state index contributed by atoms with van der Waals surface area (Å²) in [4.78, 5) is 0. The summed E-state index contributed by atoms with van der Waals surface area (Å²) in [7, 11) is 1.70. The van der Waals surface area contributed by atoms with E-state index in [2.05, 4.69) is 17.4 Å². The molecule has 112 valence electrons. The van der Waals surface area contributed by atoms with Crippen LogP contribution in [-0.2, 0) is 4.74 Å². The second-order valence-corrected chi connectivity index (χ2v) is 5.05. The summed E-state index contributed by atoms with van der Waals surface area (Å²) in [5, 5.41) is 4.04. The molecule has 0 aliphatic heterocycles. The minimum absolute atomic E-state index is 0.0743. The van der Waals surface area contributed by atoms with Crippen molar-refractivity contribution < 1.29 is 9.47 Å². The van der Waals surface area contributed by atoms with Gasteiger partial charge >= 0.3 is 0 Å². The van der Waals surface area contributed by atoms with Crippen LogP contribution < -0.4 is 10.1 Å². The third-order valence-electron chi connectivity index (χ3n) is 3.11. The number of anilines is 1. The van der Waals surface area contributed by atoms with Gasteiger partial charge in [-0.2, -0.15) is 0 Å². The van der Waals surface area contributed by atoms with Gasteiger partial charge in [-0.15, -0.1) is 0 Å². The SMILES string of the molecule is CCOc1ccc(NC(COC)c2ccccc2)cc1Cl. The second kappa shape index (κ2) is 7.91. The maximum absolute atomic E-state index is 6.22. The summed E-state index contributed by atoms with van der Waals surface area (Å²) in [5.41, 5.74) is 2.11. The predicted octanol–water partition coefficient (Wildman–Crippen LogP) is 4.54. The fourth-order valence-corrected chi connectivity index (χ4v) is 2.37. The number of ether oxygens (including phenoxy) is 2. The van der Waals surface area contributed by atoms with E-state index in [0.717, 1.165) is 5.69 Å². The Morgan fingerprint density at radius 3 is 2.52 bits per heavy atom. The molecule has 1 N–H and O–H groups in total. The first-order valence-electron chi connectivity index (χ1n) is 6.97. The average molecular weight is 306 g/mol. The van der Waals surface area contributed by atoms with Gasteiger partial charge in [-0.3, -0.25) is 0 Å². The highest BCUT2D eigenvalue weighted by molar-refractivity contribution is 6.32. The number of hydrogen-bond donors (Lipinski definition) is 1. The highest BCUT2D eigenvalue weighted by Gasteiger charge is 2.12. The Hall–Kier alpha value is -1.71. The number of hydrogen-bond acceptors (Lipinski definition) is 3. The number of methoxy groups -OCH3 is 1.